The molecular weight excluding hydrogens is 344 g/mol. The predicted molar refractivity (Wildman–Crippen MR) is 102 cm³/mol. The number of ether oxygens (including phenoxy) is 1. The van der Waals surface area contributed by atoms with Crippen molar-refractivity contribution in [2.24, 2.45) is 0 Å². The molecule has 0 saturated heterocycles. The molecule has 0 radical (unpaired) electrons. The summed E-state index contributed by atoms with van der Waals surface area (Å²) in [6, 6.07) is 13.1. The molecule has 138 valence electrons. The number of benzene rings is 2. The fourth-order valence-corrected chi connectivity index (χ4v) is 3.48. The highest BCUT2D eigenvalue weighted by Gasteiger charge is 2.31. The van der Waals surface area contributed by atoms with Gasteiger partial charge in [-0.3, -0.25) is 9.59 Å². The summed E-state index contributed by atoms with van der Waals surface area (Å²) < 4.78 is 11.1. The van der Waals surface area contributed by atoms with Crippen molar-refractivity contribution < 1.29 is 18.7 Å². The molecule has 0 unspecified atom stereocenters. The quantitative estimate of drug-likeness (QED) is 0.743. The van der Waals surface area contributed by atoms with Gasteiger partial charge in [0.2, 0.25) is 11.8 Å². The second-order valence-electron chi connectivity index (χ2n) is 6.62. The summed E-state index contributed by atoms with van der Waals surface area (Å²) in [6.45, 7) is 2.25. The molecule has 6 heteroatoms. The summed E-state index contributed by atoms with van der Waals surface area (Å²) >= 11 is 0. The molecule has 4 rings (SSSR count). The van der Waals surface area contributed by atoms with Crippen LogP contribution in [0, 0.1) is 6.92 Å². The Hall–Kier alpha value is -3.28. The normalized spacial score (nSPS) is 15.9. The van der Waals surface area contributed by atoms with Crippen molar-refractivity contribution in [1.29, 1.82) is 0 Å². The second kappa shape index (κ2) is 6.79. The van der Waals surface area contributed by atoms with Gasteiger partial charge in [-0.1, -0.05) is 18.2 Å². The van der Waals surface area contributed by atoms with Crippen LogP contribution in [0.4, 0.5) is 5.69 Å². The van der Waals surface area contributed by atoms with Gasteiger partial charge in [0.15, 0.2) is 0 Å². The molecule has 0 saturated carbocycles. The molecule has 3 aromatic rings. The second-order valence-corrected chi connectivity index (χ2v) is 6.62. The van der Waals surface area contributed by atoms with Crippen molar-refractivity contribution in [3.8, 4) is 5.75 Å². The van der Waals surface area contributed by atoms with E-state index in [2.05, 4.69) is 10.6 Å². The first kappa shape index (κ1) is 17.1. The van der Waals surface area contributed by atoms with Crippen molar-refractivity contribution in [3.05, 3.63) is 59.4 Å². The maximum absolute atomic E-state index is 12.8. The zero-order valence-corrected chi connectivity index (χ0v) is 15.2. The number of rotatable bonds is 4. The minimum absolute atomic E-state index is 0.102. The average Bonchev–Trinajstić information content (AvgIpc) is 3.01. The Morgan fingerprint density at radius 1 is 1.30 bits per heavy atom. The van der Waals surface area contributed by atoms with Gasteiger partial charge >= 0.3 is 0 Å². The van der Waals surface area contributed by atoms with Crippen LogP contribution in [0.25, 0.3) is 11.0 Å². The number of amides is 2. The monoisotopic (exact) mass is 364 g/mol. The Balaban J connectivity index is 1.56. The van der Waals surface area contributed by atoms with Crippen LogP contribution < -0.4 is 15.4 Å². The van der Waals surface area contributed by atoms with E-state index in [0.717, 1.165) is 27.9 Å². The first-order valence-corrected chi connectivity index (χ1v) is 8.79. The van der Waals surface area contributed by atoms with Crippen LogP contribution >= 0.6 is 0 Å². The van der Waals surface area contributed by atoms with E-state index in [0.29, 0.717) is 11.4 Å². The lowest BCUT2D eigenvalue weighted by Crippen LogP contribution is -2.34. The highest BCUT2D eigenvalue weighted by molar-refractivity contribution is 6.01. The molecule has 2 aromatic carbocycles. The first-order valence-electron chi connectivity index (χ1n) is 8.79. The third-order valence-corrected chi connectivity index (χ3v) is 4.98. The summed E-state index contributed by atoms with van der Waals surface area (Å²) in [5.41, 5.74) is 3.21. The van der Waals surface area contributed by atoms with Gasteiger partial charge in [0, 0.05) is 23.1 Å². The molecule has 2 amide bonds. The number of carbonyl (C=O) groups excluding carboxylic acids is 2. The number of hydrogen-bond acceptors (Lipinski definition) is 4. The van der Waals surface area contributed by atoms with Crippen LogP contribution in [0.15, 0.2) is 46.9 Å². The summed E-state index contributed by atoms with van der Waals surface area (Å²) in [4.78, 5) is 24.8. The Kier molecular flexibility index (Phi) is 4.32. The van der Waals surface area contributed by atoms with E-state index in [1.54, 1.807) is 25.3 Å². The average molecular weight is 364 g/mol. The van der Waals surface area contributed by atoms with Gasteiger partial charge in [-0.15, -0.1) is 0 Å². The van der Waals surface area contributed by atoms with Gasteiger partial charge in [-0.2, -0.15) is 0 Å². The molecule has 0 bridgehead atoms. The van der Waals surface area contributed by atoms with E-state index in [1.807, 2.05) is 31.2 Å². The van der Waals surface area contributed by atoms with Crippen LogP contribution in [0.1, 0.15) is 29.2 Å². The molecule has 27 heavy (non-hydrogen) atoms. The molecule has 1 aliphatic heterocycles. The largest absolute Gasteiger partial charge is 0.497 e. The zero-order chi connectivity index (χ0) is 19.0. The van der Waals surface area contributed by atoms with E-state index < -0.39 is 5.92 Å². The maximum Gasteiger partial charge on any atom is 0.228 e. The number of aryl methyl sites for hydroxylation is 1. The minimum atomic E-state index is -0.562. The van der Waals surface area contributed by atoms with Gasteiger partial charge in [0.1, 0.15) is 17.1 Å². The number of para-hydroxylation sites is 1. The molecule has 0 aliphatic carbocycles. The van der Waals surface area contributed by atoms with E-state index in [9.17, 15) is 9.59 Å². The zero-order valence-electron chi connectivity index (χ0n) is 15.2. The van der Waals surface area contributed by atoms with Crippen molar-refractivity contribution in [3.63, 3.8) is 0 Å². The summed E-state index contributed by atoms with van der Waals surface area (Å²) in [6.07, 6.45) is 0.102. The van der Waals surface area contributed by atoms with E-state index >= 15 is 0 Å². The Morgan fingerprint density at radius 2 is 2.11 bits per heavy atom. The highest BCUT2D eigenvalue weighted by atomic mass is 16.5. The fourth-order valence-electron chi connectivity index (χ4n) is 3.48. The molecule has 1 aliphatic rings. The van der Waals surface area contributed by atoms with E-state index in [1.165, 1.54) is 0 Å². The van der Waals surface area contributed by atoms with E-state index in [-0.39, 0.29) is 24.8 Å². The fraction of sp³-hybridized carbons (Fsp3) is 0.238. The van der Waals surface area contributed by atoms with Crippen LogP contribution in [-0.4, -0.2) is 18.9 Å². The van der Waals surface area contributed by atoms with Crippen molar-refractivity contribution >= 4 is 28.5 Å². The molecule has 2 heterocycles. The Morgan fingerprint density at radius 3 is 2.89 bits per heavy atom. The number of nitrogens with one attached hydrogen (secondary N) is 2. The van der Waals surface area contributed by atoms with Crippen molar-refractivity contribution in [2.75, 3.05) is 12.4 Å². The number of fused-ring (bicyclic) bond motifs is 2. The SMILES string of the molecule is COc1ccc2c(c1)[C@H](C(=O)NCc1oc3ccccc3c1C)CC(=O)N2. The van der Waals surface area contributed by atoms with Crippen LogP contribution in [0.2, 0.25) is 0 Å². The van der Waals surface area contributed by atoms with E-state index in [4.69, 9.17) is 9.15 Å². The standard InChI is InChI=1S/C21H20N2O4/c1-12-14-5-3-4-6-18(14)27-19(12)11-22-21(25)16-10-20(24)23-17-8-7-13(26-2)9-15(16)17/h3-9,16H,10-11H2,1-2H3,(H,22,25)(H,23,24)/t16-/m1/s1. The van der Waals surface area contributed by atoms with Gasteiger partial charge in [-0.05, 0) is 36.8 Å². The molecule has 0 fully saturated rings. The maximum atomic E-state index is 12.8. The van der Waals surface area contributed by atoms with Crippen molar-refractivity contribution in [2.45, 2.75) is 25.8 Å². The number of hydrogen-bond donors (Lipinski definition) is 2. The summed E-state index contributed by atoms with van der Waals surface area (Å²) in [7, 11) is 1.57. The minimum Gasteiger partial charge on any atom is -0.497 e. The summed E-state index contributed by atoms with van der Waals surface area (Å²) in [5, 5.41) is 6.76. The van der Waals surface area contributed by atoms with Gasteiger partial charge < -0.3 is 19.8 Å². The molecule has 6 nitrogen and oxygen atoms in total. The molecule has 2 N–H and O–H groups in total. The Bertz CT molecular complexity index is 1040. The topological polar surface area (TPSA) is 80.6 Å². The third kappa shape index (κ3) is 3.14. The molecule has 1 atom stereocenters. The van der Waals surface area contributed by atoms with Crippen LogP contribution in [0.3, 0.4) is 0 Å². The Labute approximate surface area is 156 Å². The lowest BCUT2D eigenvalue weighted by atomic mass is 9.89. The van der Waals surface area contributed by atoms with Crippen LogP contribution in [0.5, 0.6) is 5.75 Å². The summed E-state index contributed by atoms with van der Waals surface area (Å²) in [5.74, 6) is 0.423. The number of anilines is 1. The van der Waals surface area contributed by atoms with Crippen LogP contribution in [-0.2, 0) is 16.1 Å². The predicted octanol–water partition coefficient (Wildman–Crippen LogP) is 3.49. The lowest BCUT2D eigenvalue weighted by Gasteiger charge is -2.25. The first-order chi connectivity index (χ1) is 13.1. The van der Waals surface area contributed by atoms with Gasteiger partial charge in [0.25, 0.3) is 0 Å². The third-order valence-electron chi connectivity index (χ3n) is 4.98. The lowest BCUT2D eigenvalue weighted by molar-refractivity contribution is -0.126. The molecule has 0 spiro atoms. The number of methoxy groups -OCH3 is 1. The van der Waals surface area contributed by atoms with Gasteiger partial charge in [0.05, 0.1) is 19.6 Å². The number of carbonyl (C=O) groups is 2. The molecule has 1 aromatic heterocycles. The highest BCUT2D eigenvalue weighted by Crippen LogP contribution is 2.35. The smallest absolute Gasteiger partial charge is 0.228 e. The van der Waals surface area contributed by atoms with Crippen molar-refractivity contribution in [1.82, 2.24) is 5.32 Å². The number of furan rings is 1. The van der Waals surface area contributed by atoms with Gasteiger partial charge in [-0.25, -0.2) is 0 Å². The molecular formula is C21H20N2O4.